The van der Waals surface area contributed by atoms with E-state index in [1.54, 1.807) is 19.1 Å². The second-order valence-corrected chi connectivity index (χ2v) is 3.90. The van der Waals surface area contributed by atoms with Crippen LogP contribution in [-0.2, 0) is 0 Å². The second kappa shape index (κ2) is 4.15. The number of anilines is 1. The number of pyridine rings is 1. The van der Waals surface area contributed by atoms with Gasteiger partial charge in [0.15, 0.2) is 0 Å². The maximum absolute atomic E-state index is 10.1. The van der Waals surface area contributed by atoms with Crippen LogP contribution in [0.2, 0.25) is 5.02 Å². The summed E-state index contributed by atoms with van der Waals surface area (Å²) < 4.78 is 5.12. The molecule has 0 bridgehead atoms. The topological polar surface area (TPSA) is 72.3 Å². The molecule has 2 aromatic rings. The number of hydrogen-bond acceptors (Lipinski definition) is 4. The van der Waals surface area contributed by atoms with Crippen LogP contribution in [0.5, 0.6) is 0 Å². The summed E-state index contributed by atoms with van der Waals surface area (Å²) in [5.41, 5.74) is 6.83. The van der Waals surface area contributed by atoms with E-state index in [1.165, 1.54) is 12.5 Å². The van der Waals surface area contributed by atoms with Crippen LogP contribution in [0, 0.1) is 6.92 Å². The Labute approximate surface area is 97.7 Å². The summed E-state index contributed by atoms with van der Waals surface area (Å²) in [6.07, 6.45) is 2.09. The molecule has 3 N–H and O–H groups in total. The van der Waals surface area contributed by atoms with Gasteiger partial charge in [0.1, 0.15) is 17.7 Å². The molecule has 0 radical (unpaired) electrons. The van der Waals surface area contributed by atoms with Crippen LogP contribution < -0.4 is 5.73 Å². The molecule has 0 aliphatic rings. The number of nitrogens with zero attached hydrogens (tertiary/aromatic N) is 1. The molecule has 0 aliphatic heterocycles. The lowest BCUT2D eigenvalue weighted by molar-refractivity contribution is 0.218. The largest absolute Gasteiger partial charge is 0.469 e. The molecule has 0 saturated heterocycles. The van der Waals surface area contributed by atoms with Crippen LogP contribution in [0.25, 0.3) is 0 Å². The van der Waals surface area contributed by atoms with Gasteiger partial charge in [0.05, 0.1) is 11.3 Å². The predicted molar refractivity (Wildman–Crippen MR) is 61.2 cm³/mol. The number of aryl methyl sites for hydroxylation is 1. The Kier molecular flexibility index (Phi) is 2.85. The molecule has 0 saturated carbocycles. The van der Waals surface area contributed by atoms with Crippen LogP contribution >= 0.6 is 11.6 Å². The molecule has 2 rings (SSSR count). The quantitative estimate of drug-likeness (QED) is 0.842. The fraction of sp³-hybridized carbons (Fsp3) is 0.182. The number of aromatic nitrogens is 1. The van der Waals surface area contributed by atoms with Crippen molar-refractivity contribution in [3.05, 3.63) is 46.5 Å². The van der Waals surface area contributed by atoms with Crippen LogP contribution in [0.4, 0.5) is 5.82 Å². The zero-order valence-electron chi connectivity index (χ0n) is 8.64. The molecule has 16 heavy (non-hydrogen) atoms. The van der Waals surface area contributed by atoms with E-state index in [1.807, 2.05) is 0 Å². The van der Waals surface area contributed by atoms with Gasteiger partial charge in [-0.05, 0) is 19.1 Å². The van der Waals surface area contributed by atoms with Crippen molar-refractivity contribution in [2.75, 3.05) is 5.73 Å². The van der Waals surface area contributed by atoms with E-state index in [0.29, 0.717) is 21.9 Å². The minimum Gasteiger partial charge on any atom is -0.469 e. The van der Waals surface area contributed by atoms with Gasteiger partial charge in [-0.3, -0.25) is 0 Å². The van der Waals surface area contributed by atoms with E-state index in [-0.39, 0.29) is 5.82 Å². The fourth-order valence-electron chi connectivity index (χ4n) is 1.53. The van der Waals surface area contributed by atoms with Crippen molar-refractivity contribution in [2.24, 2.45) is 0 Å². The minimum absolute atomic E-state index is 0.262. The molecule has 2 aromatic heterocycles. The lowest BCUT2D eigenvalue weighted by Gasteiger charge is -2.12. The zero-order valence-corrected chi connectivity index (χ0v) is 9.40. The summed E-state index contributed by atoms with van der Waals surface area (Å²) in [5.74, 6) is 0.907. The van der Waals surface area contributed by atoms with E-state index in [2.05, 4.69) is 4.98 Å². The summed E-state index contributed by atoms with van der Waals surface area (Å²) in [6, 6.07) is 3.29. The molecule has 2 heterocycles. The number of aliphatic hydroxyl groups is 1. The molecule has 0 aliphatic carbocycles. The Balaban J connectivity index is 2.45. The van der Waals surface area contributed by atoms with Gasteiger partial charge in [-0.15, -0.1) is 0 Å². The molecule has 1 atom stereocenters. The average Bonchev–Trinajstić information content (AvgIpc) is 2.67. The molecule has 0 spiro atoms. The van der Waals surface area contributed by atoms with Crippen LogP contribution in [0.1, 0.15) is 23.0 Å². The third kappa shape index (κ3) is 1.89. The highest BCUT2D eigenvalue weighted by Crippen LogP contribution is 2.29. The van der Waals surface area contributed by atoms with Crippen molar-refractivity contribution in [3.63, 3.8) is 0 Å². The summed E-state index contributed by atoms with van der Waals surface area (Å²) in [6.45, 7) is 1.77. The maximum atomic E-state index is 10.1. The number of aliphatic hydroxyl groups excluding tert-OH is 1. The molecule has 0 aromatic carbocycles. The number of rotatable bonds is 2. The van der Waals surface area contributed by atoms with Gasteiger partial charge in [-0.2, -0.15) is 0 Å². The molecular formula is C11H11ClN2O2. The highest BCUT2D eigenvalue weighted by Gasteiger charge is 2.18. The van der Waals surface area contributed by atoms with E-state index in [9.17, 15) is 5.11 Å². The highest BCUT2D eigenvalue weighted by molar-refractivity contribution is 6.30. The molecule has 5 heteroatoms. The smallest absolute Gasteiger partial charge is 0.129 e. The van der Waals surface area contributed by atoms with Gasteiger partial charge in [0.25, 0.3) is 0 Å². The average molecular weight is 239 g/mol. The Morgan fingerprint density at radius 3 is 2.88 bits per heavy atom. The maximum Gasteiger partial charge on any atom is 0.129 e. The van der Waals surface area contributed by atoms with Crippen molar-refractivity contribution in [1.82, 2.24) is 4.98 Å². The standard InChI is InChI=1S/C11H11ClN2O2/c1-6-8(2-3-16-6)10(15)9-4-7(12)5-14-11(9)13/h2-5,10,15H,1H3,(H2,13,14). The van der Waals surface area contributed by atoms with Crippen molar-refractivity contribution < 1.29 is 9.52 Å². The first-order valence-electron chi connectivity index (χ1n) is 4.72. The Morgan fingerprint density at radius 2 is 2.25 bits per heavy atom. The molecule has 1 unspecified atom stereocenters. The van der Waals surface area contributed by atoms with Gasteiger partial charge in [-0.1, -0.05) is 11.6 Å². The minimum atomic E-state index is -0.870. The summed E-state index contributed by atoms with van der Waals surface area (Å²) in [7, 11) is 0. The zero-order chi connectivity index (χ0) is 11.7. The van der Waals surface area contributed by atoms with E-state index in [4.69, 9.17) is 21.8 Å². The number of nitrogens with two attached hydrogens (primary N) is 1. The van der Waals surface area contributed by atoms with Gasteiger partial charge < -0.3 is 15.3 Å². The van der Waals surface area contributed by atoms with E-state index >= 15 is 0 Å². The highest BCUT2D eigenvalue weighted by atomic mass is 35.5. The van der Waals surface area contributed by atoms with Gasteiger partial charge in [0.2, 0.25) is 0 Å². The first-order chi connectivity index (χ1) is 7.59. The van der Waals surface area contributed by atoms with Crippen LogP contribution in [-0.4, -0.2) is 10.1 Å². The lowest BCUT2D eigenvalue weighted by atomic mass is 10.0. The third-order valence-corrected chi connectivity index (χ3v) is 2.61. The van der Waals surface area contributed by atoms with Gasteiger partial charge in [-0.25, -0.2) is 4.98 Å². The third-order valence-electron chi connectivity index (χ3n) is 2.40. The summed E-state index contributed by atoms with van der Waals surface area (Å²) >= 11 is 5.81. The molecule has 0 fully saturated rings. The molecule has 4 nitrogen and oxygen atoms in total. The van der Waals surface area contributed by atoms with Crippen LogP contribution in [0.3, 0.4) is 0 Å². The second-order valence-electron chi connectivity index (χ2n) is 3.46. The van der Waals surface area contributed by atoms with Gasteiger partial charge in [0, 0.05) is 17.3 Å². The lowest BCUT2D eigenvalue weighted by Crippen LogP contribution is -2.05. The van der Waals surface area contributed by atoms with Gasteiger partial charge >= 0.3 is 0 Å². The first kappa shape index (κ1) is 11.0. The van der Waals surface area contributed by atoms with Crippen molar-refractivity contribution in [3.8, 4) is 0 Å². The number of nitrogen functional groups attached to an aromatic ring is 1. The Bertz CT molecular complexity index is 510. The SMILES string of the molecule is Cc1occc1C(O)c1cc(Cl)cnc1N. The normalized spacial score (nSPS) is 12.7. The van der Waals surface area contributed by atoms with Crippen molar-refractivity contribution in [1.29, 1.82) is 0 Å². The van der Waals surface area contributed by atoms with Crippen molar-refractivity contribution >= 4 is 17.4 Å². The summed E-state index contributed by atoms with van der Waals surface area (Å²) in [4.78, 5) is 3.89. The Hall–Kier alpha value is -1.52. The monoisotopic (exact) mass is 238 g/mol. The number of furan rings is 1. The fourth-order valence-corrected chi connectivity index (χ4v) is 1.70. The van der Waals surface area contributed by atoms with Crippen molar-refractivity contribution in [2.45, 2.75) is 13.0 Å². The number of halogens is 1. The number of hydrogen-bond donors (Lipinski definition) is 2. The molecule has 84 valence electrons. The predicted octanol–water partition coefficient (Wildman–Crippen LogP) is 2.30. The van der Waals surface area contributed by atoms with E-state index in [0.717, 1.165) is 0 Å². The van der Waals surface area contributed by atoms with E-state index < -0.39 is 6.10 Å². The van der Waals surface area contributed by atoms with Crippen LogP contribution in [0.15, 0.2) is 29.0 Å². The molecule has 0 amide bonds. The Morgan fingerprint density at radius 1 is 1.50 bits per heavy atom. The summed E-state index contributed by atoms with van der Waals surface area (Å²) in [5, 5.41) is 10.6. The molecular weight excluding hydrogens is 228 g/mol. The first-order valence-corrected chi connectivity index (χ1v) is 5.10.